The van der Waals surface area contributed by atoms with Gasteiger partial charge in [-0.3, -0.25) is 0 Å². The van der Waals surface area contributed by atoms with Crippen LogP contribution < -0.4 is 4.74 Å². The lowest BCUT2D eigenvalue weighted by molar-refractivity contribution is 0.461. The number of nitrogens with zero attached hydrogens (tertiary/aromatic N) is 2. The largest absolute Gasteiger partial charge is 0.439 e. The van der Waals surface area contributed by atoms with Crippen molar-refractivity contribution in [1.29, 1.82) is 0 Å². The fourth-order valence-electron chi connectivity index (χ4n) is 1.10. The van der Waals surface area contributed by atoms with Crippen LogP contribution in [0.5, 0.6) is 11.6 Å². The molecule has 1 aromatic carbocycles. The van der Waals surface area contributed by atoms with Crippen LogP contribution in [0, 0.1) is 6.92 Å². The Bertz CT molecular complexity index is 415. The Hall–Kier alpha value is -1.90. The van der Waals surface area contributed by atoms with Crippen LogP contribution in [0.15, 0.2) is 42.7 Å². The second-order valence-corrected chi connectivity index (χ2v) is 2.91. The maximum atomic E-state index is 5.51. The first-order valence-electron chi connectivity index (χ1n) is 4.36. The van der Waals surface area contributed by atoms with Gasteiger partial charge in [-0.1, -0.05) is 18.2 Å². The summed E-state index contributed by atoms with van der Waals surface area (Å²) in [6.07, 6.45) is 1.49. The first kappa shape index (κ1) is 8.69. The summed E-state index contributed by atoms with van der Waals surface area (Å²) in [7, 11) is 0. The van der Waals surface area contributed by atoms with Crippen LogP contribution in [0.1, 0.15) is 5.69 Å². The average Bonchev–Trinajstić information content (AvgIpc) is 2.19. The molecule has 0 aliphatic heterocycles. The summed E-state index contributed by atoms with van der Waals surface area (Å²) in [5.41, 5.74) is 0.894. The Kier molecular flexibility index (Phi) is 2.40. The zero-order valence-corrected chi connectivity index (χ0v) is 7.84. The average molecular weight is 186 g/mol. The molecule has 0 spiro atoms. The third-order valence-corrected chi connectivity index (χ3v) is 1.74. The molecule has 70 valence electrons. The van der Waals surface area contributed by atoms with Crippen LogP contribution in [0.2, 0.25) is 0 Å². The van der Waals surface area contributed by atoms with E-state index in [9.17, 15) is 0 Å². The zero-order chi connectivity index (χ0) is 9.80. The third-order valence-electron chi connectivity index (χ3n) is 1.74. The van der Waals surface area contributed by atoms with Crippen LogP contribution in [0.3, 0.4) is 0 Å². The highest BCUT2D eigenvalue weighted by Gasteiger charge is 1.97. The normalized spacial score (nSPS) is 9.79. The van der Waals surface area contributed by atoms with Gasteiger partial charge in [0.2, 0.25) is 5.88 Å². The highest BCUT2D eigenvalue weighted by Crippen LogP contribution is 2.17. The molecular weight excluding hydrogens is 176 g/mol. The number of rotatable bonds is 2. The lowest BCUT2D eigenvalue weighted by atomic mass is 10.3. The minimum absolute atomic E-state index is 0.573. The Balaban J connectivity index is 2.19. The summed E-state index contributed by atoms with van der Waals surface area (Å²) in [5, 5.41) is 0. The molecule has 0 aliphatic carbocycles. The van der Waals surface area contributed by atoms with E-state index in [1.54, 1.807) is 6.07 Å². The molecule has 0 radical (unpaired) electrons. The summed E-state index contributed by atoms with van der Waals surface area (Å²) >= 11 is 0. The summed E-state index contributed by atoms with van der Waals surface area (Å²) in [4.78, 5) is 7.99. The van der Waals surface area contributed by atoms with E-state index in [2.05, 4.69) is 9.97 Å². The van der Waals surface area contributed by atoms with Gasteiger partial charge in [0, 0.05) is 11.8 Å². The topological polar surface area (TPSA) is 35.0 Å². The monoisotopic (exact) mass is 186 g/mol. The molecule has 0 aliphatic rings. The van der Waals surface area contributed by atoms with Crippen LogP contribution in [-0.4, -0.2) is 9.97 Å². The van der Waals surface area contributed by atoms with Crippen LogP contribution in [0.4, 0.5) is 0 Å². The van der Waals surface area contributed by atoms with Gasteiger partial charge in [0.05, 0.1) is 0 Å². The standard InChI is InChI=1S/C11H10N2O/c1-9-7-11(13-8-12-9)14-10-5-3-2-4-6-10/h2-8H,1H3. The smallest absolute Gasteiger partial charge is 0.222 e. The lowest BCUT2D eigenvalue weighted by Gasteiger charge is -2.03. The van der Waals surface area contributed by atoms with Gasteiger partial charge in [0.15, 0.2) is 0 Å². The number of benzene rings is 1. The number of ether oxygens (including phenoxy) is 1. The highest BCUT2D eigenvalue weighted by molar-refractivity contribution is 5.26. The van der Waals surface area contributed by atoms with Gasteiger partial charge in [-0.25, -0.2) is 9.97 Å². The van der Waals surface area contributed by atoms with Crippen molar-refractivity contribution in [2.24, 2.45) is 0 Å². The minimum Gasteiger partial charge on any atom is -0.439 e. The molecule has 0 amide bonds. The Morgan fingerprint density at radius 2 is 1.86 bits per heavy atom. The third kappa shape index (κ3) is 2.07. The van der Waals surface area contributed by atoms with E-state index in [-0.39, 0.29) is 0 Å². The second kappa shape index (κ2) is 3.87. The maximum absolute atomic E-state index is 5.51. The maximum Gasteiger partial charge on any atom is 0.222 e. The minimum atomic E-state index is 0.573. The summed E-state index contributed by atoms with van der Waals surface area (Å²) < 4.78 is 5.51. The quantitative estimate of drug-likeness (QED) is 0.723. The number of aryl methyl sites for hydroxylation is 1. The molecule has 2 rings (SSSR count). The Morgan fingerprint density at radius 3 is 2.57 bits per heavy atom. The molecule has 0 N–H and O–H groups in total. The number of hydrogen-bond acceptors (Lipinski definition) is 3. The van der Waals surface area contributed by atoms with E-state index in [1.807, 2.05) is 37.3 Å². The fraction of sp³-hybridized carbons (Fsp3) is 0.0909. The molecule has 0 unspecified atom stereocenters. The van der Waals surface area contributed by atoms with Gasteiger partial charge in [0.1, 0.15) is 12.1 Å². The molecule has 0 fully saturated rings. The van der Waals surface area contributed by atoms with Crippen molar-refractivity contribution in [3.8, 4) is 11.6 Å². The van der Waals surface area contributed by atoms with Crippen molar-refractivity contribution < 1.29 is 4.74 Å². The van der Waals surface area contributed by atoms with E-state index >= 15 is 0 Å². The fourth-order valence-corrected chi connectivity index (χ4v) is 1.10. The molecule has 14 heavy (non-hydrogen) atoms. The molecule has 1 aromatic heterocycles. The van der Waals surface area contributed by atoms with E-state index in [0.717, 1.165) is 11.4 Å². The second-order valence-electron chi connectivity index (χ2n) is 2.91. The van der Waals surface area contributed by atoms with Gasteiger partial charge < -0.3 is 4.74 Å². The van der Waals surface area contributed by atoms with Gasteiger partial charge >= 0.3 is 0 Å². The van der Waals surface area contributed by atoms with Crippen molar-refractivity contribution in [3.63, 3.8) is 0 Å². The predicted molar refractivity (Wildman–Crippen MR) is 53.3 cm³/mol. The Labute approximate surface area is 82.4 Å². The van der Waals surface area contributed by atoms with E-state index in [0.29, 0.717) is 5.88 Å². The molecule has 3 heteroatoms. The van der Waals surface area contributed by atoms with Crippen molar-refractivity contribution in [3.05, 3.63) is 48.4 Å². The molecule has 0 saturated heterocycles. The van der Waals surface area contributed by atoms with Gasteiger partial charge in [-0.05, 0) is 19.1 Å². The first-order valence-corrected chi connectivity index (χ1v) is 4.36. The van der Waals surface area contributed by atoms with Crippen LogP contribution in [0.25, 0.3) is 0 Å². The molecule has 1 heterocycles. The van der Waals surface area contributed by atoms with Crippen LogP contribution >= 0.6 is 0 Å². The predicted octanol–water partition coefficient (Wildman–Crippen LogP) is 2.58. The SMILES string of the molecule is Cc1cc(Oc2ccccc2)ncn1. The highest BCUT2D eigenvalue weighted by atomic mass is 16.5. The van der Waals surface area contributed by atoms with E-state index in [1.165, 1.54) is 6.33 Å². The zero-order valence-electron chi connectivity index (χ0n) is 7.84. The van der Waals surface area contributed by atoms with Gasteiger partial charge in [-0.2, -0.15) is 0 Å². The van der Waals surface area contributed by atoms with E-state index in [4.69, 9.17) is 4.74 Å². The molecule has 0 saturated carbocycles. The number of hydrogen-bond donors (Lipinski definition) is 0. The molecule has 3 nitrogen and oxygen atoms in total. The van der Waals surface area contributed by atoms with Crippen LogP contribution in [-0.2, 0) is 0 Å². The lowest BCUT2D eigenvalue weighted by Crippen LogP contribution is -1.89. The van der Waals surface area contributed by atoms with Gasteiger partial charge in [-0.15, -0.1) is 0 Å². The molecule has 2 aromatic rings. The summed E-state index contributed by atoms with van der Waals surface area (Å²) in [5.74, 6) is 1.36. The molecule has 0 bridgehead atoms. The van der Waals surface area contributed by atoms with Crippen molar-refractivity contribution in [2.45, 2.75) is 6.92 Å². The van der Waals surface area contributed by atoms with Crippen molar-refractivity contribution in [2.75, 3.05) is 0 Å². The van der Waals surface area contributed by atoms with Crippen molar-refractivity contribution in [1.82, 2.24) is 9.97 Å². The number of aromatic nitrogens is 2. The summed E-state index contributed by atoms with van der Waals surface area (Å²) in [6, 6.07) is 11.4. The van der Waals surface area contributed by atoms with E-state index < -0.39 is 0 Å². The molecular formula is C11H10N2O. The first-order chi connectivity index (χ1) is 6.84. The number of para-hydroxylation sites is 1. The van der Waals surface area contributed by atoms with Crippen molar-refractivity contribution >= 4 is 0 Å². The van der Waals surface area contributed by atoms with Gasteiger partial charge in [0.25, 0.3) is 0 Å². The molecule has 0 atom stereocenters. The summed E-state index contributed by atoms with van der Waals surface area (Å²) in [6.45, 7) is 1.90. The Morgan fingerprint density at radius 1 is 1.07 bits per heavy atom.